The van der Waals surface area contributed by atoms with Crippen molar-refractivity contribution in [1.29, 1.82) is 0 Å². The Morgan fingerprint density at radius 2 is 1.91 bits per heavy atom. The first-order valence-electron chi connectivity index (χ1n) is 10.3. The van der Waals surface area contributed by atoms with Gasteiger partial charge in [0.05, 0.1) is 53.2 Å². The maximum atomic E-state index is 15.1. The second kappa shape index (κ2) is 8.40. The van der Waals surface area contributed by atoms with Crippen molar-refractivity contribution in [3.05, 3.63) is 63.8 Å². The maximum absolute atomic E-state index is 15.1. The minimum absolute atomic E-state index is 0.0650. The number of hydrogen-bond acceptors (Lipinski definition) is 5. The Bertz CT molecular complexity index is 1350. The van der Waals surface area contributed by atoms with Crippen LogP contribution in [0.2, 0.25) is 0 Å². The van der Waals surface area contributed by atoms with Crippen molar-refractivity contribution in [3.8, 4) is 11.8 Å². The molecule has 0 spiro atoms. The molecule has 0 amide bonds. The summed E-state index contributed by atoms with van der Waals surface area (Å²) in [4.78, 5) is 18.8. The van der Waals surface area contributed by atoms with Crippen LogP contribution >= 0.6 is 0 Å². The smallest absolute Gasteiger partial charge is 0.348 e. The summed E-state index contributed by atoms with van der Waals surface area (Å²) in [5.41, 5.74) is 6.87. The molecule has 2 N–H and O–H groups in total. The molecule has 160 valence electrons. The first-order chi connectivity index (χ1) is 15.5. The maximum Gasteiger partial charge on any atom is 0.348 e. The lowest BCUT2D eigenvalue weighted by molar-refractivity contribution is 0.133. The zero-order valence-corrected chi connectivity index (χ0v) is 18.4. The quantitative estimate of drug-likeness (QED) is 0.486. The van der Waals surface area contributed by atoms with Crippen molar-refractivity contribution in [2.45, 2.75) is 31.2 Å². The Kier molecular flexibility index (Phi) is 5.89. The molecule has 1 aromatic heterocycles. The highest BCUT2D eigenvalue weighted by Gasteiger charge is 2.27. The first kappa shape index (κ1) is 23.2. The molecule has 0 atom stereocenters. The molecule has 0 saturated heterocycles. The minimum atomic E-state index is -2.06. The van der Waals surface area contributed by atoms with Crippen molar-refractivity contribution in [2.75, 3.05) is 18.1 Å². The average molecular weight is 436 g/mol. The fourth-order valence-corrected chi connectivity index (χ4v) is 3.78. The van der Waals surface area contributed by atoms with Crippen LogP contribution in [0.1, 0.15) is 25.0 Å². The number of hydrogen-bond donors (Lipinski definition) is 1. The molecule has 10 heteroatoms. The van der Waals surface area contributed by atoms with Gasteiger partial charge in [0.1, 0.15) is 5.82 Å². The van der Waals surface area contributed by atoms with E-state index in [9.17, 15) is 4.79 Å². The van der Waals surface area contributed by atoms with E-state index in [1.807, 2.05) is 32.0 Å². The molecular formula is C23H20B3FN4O2. The first-order valence-corrected chi connectivity index (χ1v) is 10.3. The summed E-state index contributed by atoms with van der Waals surface area (Å²) in [5, 5.41) is -2.00. The van der Waals surface area contributed by atoms with Gasteiger partial charge in [-0.3, -0.25) is 0 Å². The molecule has 4 rings (SSSR count). The molecule has 0 aliphatic carbocycles. The number of aromatic nitrogens is 2. The summed E-state index contributed by atoms with van der Waals surface area (Å²) in [7, 11) is 17.4. The summed E-state index contributed by atoms with van der Waals surface area (Å²) in [6.45, 7) is 4.55. The number of ether oxygens (including phenoxy) is 1. The number of rotatable bonds is 2. The third kappa shape index (κ3) is 4.57. The summed E-state index contributed by atoms with van der Waals surface area (Å²) in [6.07, 6.45) is 0. The zero-order valence-electron chi connectivity index (χ0n) is 18.4. The van der Waals surface area contributed by atoms with E-state index in [2.05, 4.69) is 16.8 Å². The third-order valence-electron chi connectivity index (χ3n) is 5.16. The summed E-state index contributed by atoms with van der Waals surface area (Å²) in [6, 6.07) is 9.78. The topological polar surface area (TPSA) is 73.4 Å². The number of anilines is 2. The molecule has 0 saturated carbocycles. The van der Waals surface area contributed by atoms with Gasteiger partial charge in [0.15, 0.2) is 5.82 Å². The van der Waals surface area contributed by atoms with Crippen LogP contribution in [-0.2, 0) is 16.6 Å². The Hall–Kier alpha value is -3.02. The Labute approximate surface area is 195 Å². The fourth-order valence-electron chi connectivity index (χ4n) is 3.78. The van der Waals surface area contributed by atoms with Gasteiger partial charge in [0, 0.05) is 23.4 Å². The molecule has 2 heterocycles. The summed E-state index contributed by atoms with van der Waals surface area (Å²) >= 11 is 0. The lowest BCUT2D eigenvalue weighted by Gasteiger charge is -2.29. The van der Waals surface area contributed by atoms with Gasteiger partial charge in [-0.15, -0.1) is 0 Å². The Morgan fingerprint density at radius 1 is 1.18 bits per heavy atom. The van der Waals surface area contributed by atoms with Gasteiger partial charge in [-0.2, -0.15) is 4.98 Å². The molecule has 33 heavy (non-hydrogen) atoms. The lowest BCUT2D eigenvalue weighted by Crippen LogP contribution is -2.44. The van der Waals surface area contributed by atoms with Gasteiger partial charge >= 0.3 is 5.69 Å². The van der Waals surface area contributed by atoms with E-state index in [-0.39, 0.29) is 23.3 Å². The molecule has 2 aromatic carbocycles. The van der Waals surface area contributed by atoms with E-state index in [0.29, 0.717) is 18.8 Å². The van der Waals surface area contributed by atoms with E-state index in [4.69, 9.17) is 34.0 Å². The Morgan fingerprint density at radius 3 is 2.61 bits per heavy atom. The van der Waals surface area contributed by atoms with Gasteiger partial charge in [-0.1, -0.05) is 29.2 Å². The van der Waals surface area contributed by atoms with Gasteiger partial charge in [0.25, 0.3) is 0 Å². The molecule has 0 fully saturated rings. The lowest BCUT2D eigenvalue weighted by atomic mass is 9.49. The largest absolute Gasteiger partial charge is 0.375 e. The Balaban J connectivity index is 2.00. The second-order valence-electron chi connectivity index (χ2n) is 8.55. The molecular weight excluding hydrogens is 416 g/mol. The van der Waals surface area contributed by atoms with Crippen LogP contribution in [0.5, 0.6) is 0 Å². The highest BCUT2D eigenvalue weighted by atomic mass is 19.1. The predicted molar refractivity (Wildman–Crippen MR) is 129 cm³/mol. The van der Waals surface area contributed by atoms with Crippen LogP contribution in [0.25, 0.3) is 10.9 Å². The standard InChI is InChI=1S/C23H20B3FN4O2/c1-22(2,28)10-9-14-5-3-7-17-15(14)13-33-12-11-30(17)20-19-16(27)6-4-8-18(19)31(21(32)29-20)23(24,25)26/h3-8H,11-13,28H2,1-2H3. The molecule has 1 aliphatic rings. The molecule has 6 radical (unpaired) electrons. The van der Waals surface area contributed by atoms with Gasteiger partial charge in [-0.05, 0) is 38.1 Å². The highest BCUT2D eigenvalue weighted by molar-refractivity contribution is 6.56. The fraction of sp³-hybridized carbons (Fsp3) is 0.304. The minimum Gasteiger partial charge on any atom is -0.375 e. The normalized spacial score (nSPS) is 14.4. The van der Waals surface area contributed by atoms with E-state index in [0.717, 1.165) is 15.7 Å². The number of nitrogens with zero attached hydrogens (tertiary/aromatic N) is 3. The van der Waals surface area contributed by atoms with Crippen LogP contribution in [-0.4, -0.2) is 51.8 Å². The van der Waals surface area contributed by atoms with Crippen molar-refractivity contribution in [1.82, 2.24) is 9.55 Å². The van der Waals surface area contributed by atoms with Crippen molar-refractivity contribution >= 4 is 45.9 Å². The molecule has 1 aliphatic heterocycles. The van der Waals surface area contributed by atoms with E-state index in [1.165, 1.54) is 18.2 Å². The van der Waals surface area contributed by atoms with Gasteiger partial charge in [0.2, 0.25) is 0 Å². The molecule has 6 nitrogen and oxygen atoms in total. The van der Waals surface area contributed by atoms with Crippen molar-refractivity contribution in [2.24, 2.45) is 5.73 Å². The average Bonchev–Trinajstić information content (AvgIpc) is 2.93. The van der Waals surface area contributed by atoms with E-state index in [1.54, 1.807) is 4.90 Å². The molecule has 0 bridgehead atoms. The summed E-state index contributed by atoms with van der Waals surface area (Å²) < 4.78 is 21.8. The van der Waals surface area contributed by atoms with E-state index < -0.39 is 22.3 Å². The third-order valence-corrected chi connectivity index (χ3v) is 5.16. The predicted octanol–water partition coefficient (Wildman–Crippen LogP) is 1.37. The van der Waals surface area contributed by atoms with Crippen LogP contribution in [0.3, 0.4) is 0 Å². The van der Waals surface area contributed by atoms with Gasteiger partial charge in [-0.25, -0.2) is 9.18 Å². The summed E-state index contributed by atoms with van der Waals surface area (Å²) in [5.74, 6) is 5.65. The number of nitrogens with two attached hydrogens (primary N) is 1. The van der Waals surface area contributed by atoms with Crippen LogP contribution < -0.4 is 16.3 Å². The van der Waals surface area contributed by atoms with Crippen LogP contribution in [0.4, 0.5) is 15.9 Å². The van der Waals surface area contributed by atoms with Gasteiger partial charge < -0.3 is 19.9 Å². The molecule has 0 unspecified atom stereocenters. The zero-order chi connectivity index (χ0) is 24.0. The van der Waals surface area contributed by atoms with Crippen LogP contribution in [0.15, 0.2) is 41.2 Å². The SMILES string of the molecule is [B]C([B])([B])n1c(=O)nc(N2CCOCc3c(C#CC(C)(C)N)cccc32)c2c(F)cccc21. The monoisotopic (exact) mass is 436 g/mol. The number of fused-ring (bicyclic) bond motifs is 2. The van der Waals surface area contributed by atoms with Crippen LogP contribution in [0, 0.1) is 17.7 Å². The number of halogens is 1. The number of benzene rings is 2. The second-order valence-corrected chi connectivity index (χ2v) is 8.55. The highest BCUT2D eigenvalue weighted by Crippen LogP contribution is 2.36. The van der Waals surface area contributed by atoms with Crippen molar-refractivity contribution < 1.29 is 9.13 Å². The molecule has 3 aromatic rings. The van der Waals surface area contributed by atoms with E-state index >= 15 is 4.39 Å². The van der Waals surface area contributed by atoms with Crippen molar-refractivity contribution in [3.63, 3.8) is 0 Å².